The Balaban J connectivity index is 2.84. The smallest absolute Gasteiger partial charge is 0.203 e. The first-order valence-corrected chi connectivity index (χ1v) is 3.30. The fourth-order valence-electron chi connectivity index (χ4n) is 0.730. The summed E-state index contributed by atoms with van der Waals surface area (Å²) >= 11 is 5.65. The molecule has 0 heterocycles. The molecular formula is C8H6ClO. The van der Waals surface area contributed by atoms with E-state index in [1.807, 2.05) is 12.1 Å². The van der Waals surface area contributed by atoms with Crippen LogP contribution in [0.3, 0.4) is 0 Å². The van der Waals surface area contributed by atoms with Crippen LogP contribution in [0.1, 0.15) is 5.56 Å². The molecule has 0 aromatic heterocycles. The summed E-state index contributed by atoms with van der Waals surface area (Å²) in [5.74, 6) is 0. The topological polar surface area (TPSA) is 17.1 Å². The van der Waals surface area contributed by atoms with Crippen LogP contribution in [0.4, 0.5) is 0 Å². The maximum atomic E-state index is 9.92. The fourth-order valence-corrected chi connectivity index (χ4v) is 0.943. The van der Waals surface area contributed by atoms with Gasteiger partial charge in [-0.05, 0) is 17.7 Å². The minimum atomic E-state index is 0.320. The van der Waals surface area contributed by atoms with E-state index in [0.29, 0.717) is 11.4 Å². The first-order valence-electron chi connectivity index (χ1n) is 2.92. The van der Waals surface area contributed by atoms with Gasteiger partial charge in [0.05, 0.1) is 0 Å². The predicted octanol–water partition coefficient (Wildman–Crippen LogP) is 1.99. The zero-order chi connectivity index (χ0) is 7.40. The van der Waals surface area contributed by atoms with Crippen molar-refractivity contribution in [2.75, 3.05) is 0 Å². The molecule has 0 fully saturated rings. The van der Waals surface area contributed by atoms with Crippen molar-refractivity contribution in [2.24, 2.45) is 0 Å². The highest BCUT2D eigenvalue weighted by Gasteiger charge is 1.91. The second-order valence-corrected chi connectivity index (χ2v) is 2.39. The van der Waals surface area contributed by atoms with Gasteiger partial charge in [0.2, 0.25) is 6.29 Å². The van der Waals surface area contributed by atoms with Gasteiger partial charge in [-0.15, -0.1) is 0 Å². The maximum absolute atomic E-state index is 9.92. The van der Waals surface area contributed by atoms with Gasteiger partial charge in [0.15, 0.2) is 0 Å². The van der Waals surface area contributed by atoms with Crippen LogP contribution in [-0.2, 0) is 11.2 Å². The maximum Gasteiger partial charge on any atom is 0.203 e. The Bertz CT molecular complexity index is 232. The molecule has 0 saturated heterocycles. The van der Waals surface area contributed by atoms with E-state index in [0.717, 1.165) is 5.56 Å². The van der Waals surface area contributed by atoms with Crippen LogP contribution in [0.25, 0.3) is 0 Å². The van der Waals surface area contributed by atoms with E-state index >= 15 is 0 Å². The Morgan fingerprint density at radius 1 is 1.50 bits per heavy atom. The standard InChI is InChI=1S/C8H6ClO/c9-8-3-1-2-7(6-8)4-5-10/h1-3,6H,4H2. The van der Waals surface area contributed by atoms with Crippen LogP contribution in [0.15, 0.2) is 24.3 Å². The Morgan fingerprint density at radius 2 is 2.30 bits per heavy atom. The summed E-state index contributed by atoms with van der Waals surface area (Å²) in [7, 11) is 0. The summed E-state index contributed by atoms with van der Waals surface area (Å²) in [4.78, 5) is 9.92. The highest BCUT2D eigenvalue weighted by molar-refractivity contribution is 6.30. The van der Waals surface area contributed by atoms with Crippen molar-refractivity contribution in [3.05, 3.63) is 34.9 Å². The van der Waals surface area contributed by atoms with Crippen molar-refractivity contribution in [1.82, 2.24) is 0 Å². The molecule has 1 rings (SSSR count). The minimum absolute atomic E-state index is 0.320. The molecule has 0 atom stereocenters. The zero-order valence-corrected chi connectivity index (χ0v) is 6.06. The molecule has 0 saturated carbocycles. The van der Waals surface area contributed by atoms with Crippen LogP contribution in [0.5, 0.6) is 0 Å². The van der Waals surface area contributed by atoms with Gasteiger partial charge in [-0.25, -0.2) is 0 Å². The lowest BCUT2D eigenvalue weighted by atomic mass is 10.2. The molecule has 0 aliphatic carbocycles. The van der Waals surface area contributed by atoms with E-state index in [4.69, 9.17) is 11.6 Å². The molecule has 0 spiro atoms. The van der Waals surface area contributed by atoms with Crippen molar-refractivity contribution in [3.8, 4) is 0 Å². The SMILES string of the molecule is O=[C]Cc1cccc(Cl)c1. The fraction of sp³-hybridized carbons (Fsp3) is 0.125. The predicted molar refractivity (Wildman–Crippen MR) is 40.8 cm³/mol. The van der Waals surface area contributed by atoms with E-state index < -0.39 is 0 Å². The quantitative estimate of drug-likeness (QED) is 0.635. The summed E-state index contributed by atoms with van der Waals surface area (Å²) in [6.45, 7) is 0. The van der Waals surface area contributed by atoms with Gasteiger partial charge in [0.25, 0.3) is 0 Å². The molecular weight excluding hydrogens is 148 g/mol. The van der Waals surface area contributed by atoms with Gasteiger partial charge >= 0.3 is 0 Å². The van der Waals surface area contributed by atoms with Crippen molar-refractivity contribution >= 4 is 17.9 Å². The van der Waals surface area contributed by atoms with E-state index in [1.54, 1.807) is 18.4 Å². The van der Waals surface area contributed by atoms with Crippen LogP contribution in [0, 0.1) is 0 Å². The Morgan fingerprint density at radius 3 is 2.90 bits per heavy atom. The first-order chi connectivity index (χ1) is 4.83. The van der Waals surface area contributed by atoms with E-state index in [-0.39, 0.29) is 0 Å². The number of rotatable bonds is 2. The summed E-state index contributed by atoms with van der Waals surface area (Å²) in [5, 5.41) is 0.660. The number of benzene rings is 1. The molecule has 0 aliphatic rings. The lowest BCUT2D eigenvalue weighted by Gasteiger charge is -1.92. The normalized spacial score (nSPS) is 9.30. The molecule has 0 unspecified atom stereocenters. The minimum Gasteiger partial charge on any atom is -0.291 e. The number of hydrogen-bond acceptors (Lipinski definition) is 1. The van der Waals surface area contributed by atoms with Gasteiger partial charge in [-0.2, -0.15) is 0 Å². The lowest BCUT2D eigenvalue weighted by molar-refractivity contribution is 0.555. The summed E-state index contributed by atoms with van der Waals surface area (Å²) in [6.07, 6.45) is 2.12. The van der Waals surface area contributed by atoms with Crippen LogP contribution in [-0.4, -0.2) is 6.29 Å². The van der Waals surface area contributed by atoms with Gasteiger partial charge in [-0.3, -0.25) is 4.79 Å². The van der Waals surface area contributed by atoms with E-state index in [9.17, 15) is 4.79 Å². The second-order valence-electron chi connectivity index (χ2n) is 1.95. The third-order valence-electron chi connectivity index (χ3n) is 1.17. The highest BCUT2D eigenvalue weighted by atomic mass is 35.5. The lowest BCUT2D eigenvalue weighted by Crippen LogP contribution is -1.83. The van der Waals surface area contributed by atoms with Crippen molar-refractivity contribution in [1.29, 1.82) is 0 Å². The molecule has 0 N–H and O–H groups in total. The van der Waals surface area contributed by atoms with Crippen molar-refractivity contribution in [2.45, 2.75) is 6.42 Å². The van der Waals surface area contributed by atoms with Gasteiger partial charge in [-0.1, -0.05) is 23.7 Å². The van der Waals surface area contributed by atoms with Crippen molar-refractivity contribution in [3.63, 3.8) is 0 Å². The molecule has 1 aromatic rings. The van der Waals surface area contributed by atoms with Gasteiger partial charge in [0, 0.05) is 11.4 Å². The summed E-state index contributed by atoms with van der Waals surface area (Å²) < 4.78 is 0. The van der Waals surface area contributed by atoms with E-state index in [1.165, 1.54) is 0 Å². The van der Waals surface area contributed by atoms with Crippen LogP contribution in [0.2, 0.25) is 5.02 Å². The molecule has 0 bridgehead atoms. The summed E-state index contributed by atoms with van der Waals surface area (Å²) in [5.41, 5.74) is 0.905. The molecule has 1 aromatic carbocycles. The number of halogens is 1. The Hall–Kier alpha value is -0.820. The summed E-state index contributed by atoms with van der Waals surface area (Å²) in [6, 6.07) is 7.19. The second kappa shape index (κ2) is 3.37. The van der Waals surface area contributed by atoms with Gasteiger partial charge < -0.3 is 0 Å². The zero-order valence-electron chi connectivity index (χ0n) is 5.30. The average Bonchev–Trinajstić information content (AvgIpc) is 1.88. The van der Waals surface area contributed by atoms with Crippen LogP contribution < -0.4 is 0 Å². The molecule has 0 amide bonds. The largest absolute Gasteiger partial charge is 0.291 e. The van der Waals surface area contributed by atoms with Crippen molar-refractivity contribution < 1.29 is 4.79 Å². The molecule has 0 aliphatic heterocycles. The highest BCUT2D eigenvalue weighted by Crippen LogP contribution is 2.09. The monoisotopic (exact) mass is 153 g/mol. The molecule has 2 heteroatoms. The molecule has 51 valence electrons. The molecule has 1 nitrogen and oxygen atoms in total. The number of hydrogen-bond donors (Lipinski definition) is 0. The third kappa shape index (κ3) is 1.85. The Labute approximate surface area is 64.6 Å². The van der Waals surface area contributed by atoms with E-state index in [2.05, 4.69) is 0 Å². The molecule has 10 heavy (non-hydrogen) atoms. The first kappa shape index (κ1) is 7.29. The average molecular weight is 154 g/mol. The van der Waals surface area contributed by atoms with Crippen LogP contribution >= 0.6 is 11.6 Å². The van der Waals surface area contributed by atoms with Gasteiger partial charge in [0.1, 0.15) is 0 Å². The molecule has 1 radical (unpaired) electrons. The number of carbonyl (C=O) groups excluding carboxylic acids is 1. The third-order valence-corrected chi connectivity index (χ3v) is 1.40. The Kier molecular flexibility index (Phi) is 2.46.